The fourth-order valence-corrected chi connectivity index (χ4v) is 3.26. The summed E-state index contributed by atoms with van der Waals surface area (Å²) in [6, 6.07) is 8.76. The molecule has 5 nitrogen and oxygen atoms in total. The highest BCUT2D eigenvalue weighted by Crippen LogP contribution is 2.36. The zero-order valence-corrected chi connectivity index (χ0v) is 13.1. The molecule has 5 heteroatoms. The van der Waals surface area contributed by atoms with E-state index in [1.165, 1.54) is 0 Å². The van der Waals surface area contributed by atoms with Crippen LogP contribution in [0.25, 0.3) is 0 Å². The molecular weight excluding hydrogens is 292 g/mol. The van der Waals surface area contributed by atoms with Gasteiger partial charge in [0.25, 0.3) is 0 Å². The van der Waals surface area contributed by atoms with Gasteiger partial charge in [-0.15, -0.1) is 0 Å². The maximum Gasteiger partial charge on any atom is 0.243 e. The van der Waals surface area contributed by atoms with Gasteiger partial charge in [-0.1, -0.05) is 42.5 Å². The van der Waals surface area contributed by atoms with Crippen LogP contribution in [0.1, 0.15) is 25.3 Å². The number of nitrogens with zero attached hydrogens (tertiary/aromatic N) is 1. The lowest BCUT2D eigenvalue weighted by atomic mass is 9.85. The van der Waals surface area contributed by atoms with E-state index in [-0.39, 0.29) is 29.6 Å². The number of carbonyl (C=O) groups excluding carboxylic acids is 3. The number of rotatable bonds is 4. The largest absolute Gasteiger partial charge is 0.350 e. The molecule has 1 N–H and O–H groups in total. The molecule has 3 atom stereocenters. The van der Waals surface area contributed by atoms with Crippen LogP contribution >= 0.6 is 0 Å². The van der Waals surface area contributed by atoms with E-state index in [1.807, 2.05) is 42.5 Å². The minimum atomic E-state index is -0.774. The summed E-state index contributed by atoms with van der Waals surface area (Å²) in [5.74, 6) is -1.32. The van der Waals surface area contributed by atoms with Gasteiger partial charge < -0.3 is 5.32 Å². The molecule has 0 saturated carbocycles. The number of amides is 3. The Morgan fingerprint density at radius 1 is 1.13 bits per heavy atom. The Kier molecular flexibility index (Phi) is 4.28. The molecule has 23 heavy (non-hydrogen) atoms. The summed E-state index contributed by atoms with van der Waals surface area (Å²) >= 11 is 0. The Morgan fingerprint density at radius 3 is 2.26 bits per heavy atom. The zero-order chi connectivity index (χ0) is 16.4. The summed E-state index contributed by atoms with van der Waals surface area (Å²) in [4.78, 5) is 38.4. The van der Waals surface area contributed by atoms with E-state index in [0.717, 1.165) is 10.5 Å². The van der Waals surface area contributed by atoms with Crippen molar-refractivity contribution in [3.05, 3.63) is 48.0 Å². The first-order valence-corrected chi connectivity index (χ1v) is 7.93. The molecule has 1 aliphatic carbocycles. The molecule has 120 valence electrons. The van der Waals surface area contributed by atoms with Crippen LogP contribution in [0.5, 0.6) is 0 Å². The second-order valence-corrected chi connectivity index (χ2v) is 6.08. The summed E-state index contributed by atoms with van der Waals surface area (Å²) in [6.07, 6.45) is 5.06. The Bertz CT molecular complexity index is 627. The van der Waals surface area contributed by atoms with E-state index in [9.17, 15) is 14.4 Å². The first-order chi connectivity index (χ1) is 11.1. The Labute approximate surface area is 135 Å². The highest BCUT2D eigenvalue weighted by atomic mass is 16.2. The van der Waals surface area contributed by atoms with Crippen LogP contribution in [0.4, 0.5) is 0 Å². The molecule has 3 rings (SSSR count). The third kappa shape index (κ3) is 2.91. The van der Waals surface area contributed by atoms with Crippen LogP contribution in [-0.2, 0) is 20.9 Å². The van der Waals surface area contributed by atoms with Gasteiger partial charge in [-0.3, -0.25) is 19.3 Å². The molecular formula is C18H20N2O3. The van der Waals surface area contributed by atoms with Crippen molar-refractivity contribution in [2.45, 2.75) is 32.4 Å². The predicted molar refractivity (Wildman–Crippen MR) is 85.0 cm³/mol. The van der Waals surface area contributed by atoms with Gasteiger partial charge in [-0.05, 0) is 25.3 Å². The molecule has 2 aliphatic rings. The molecule has 1 saturated heterocycles. The van der Waals surface area contributed by atoms with Crippen molar-refractivity contribution in [1.29, 1.82) is 0 Å². The van der Waals surface area contributed by atoms with E-state index in [0.29, 0.717) is 19.4 Å². The average Bonchev–Trinajstić information content (AvgIpc) is 2.84. The molecule has 2 unspecified atom stereocenters. The van der Waals surface area contributed by atoms with Gasteiger partial charge in [0, 0.05) is 6.54 Å². The molecule has 1 aliphatic heterocycles. The third-order valence-corrected chi connectivity index (χ3v) is 4.62. The van der Waals surface area contributed by atoms with E-state index in [1.54, 1.807) is 6.92 Å². The average molecular weight is 312 g/mol. The minimum absolute atomic E-state index is 0.216. The van der Waals surface area contributed by atoms with Crippen molar-refractivity contribution in [2.75, 3.05) is 0 Å². The Balaban J connectivity index is 1.65. The van der Waals surface area contributed by atoms with E-state index < -0.39 is 6.04 Å². The number of likely N-dealkylation sites (tertiary alicyclic amines) is 1. The molecule has 0 aromatic heterocycles. The Hall–Kier alpha value is -2.43. The number of fused-ring (bicyclic) bond motifs is 1. The SMILES string of the molecule is C[C@@H](C(=O)NCc1ccccc1)N1C(=O)C2CC=CCC2C1=O. The molecule has 1 fully saturated rings. The number of allylic oxidation sites excluding steroid dienone is 2. The van der Waals surface area contributed by atoms with Crippen LogP contribution in [0.3, 0.4) is 0 Å². The summed E-state index contributed by atoms with van der Waals surface area (Å²) in [6.45, 7) is 2.00. The molecule has 3 amide bonds. The summed E-state index contributed by atoms with van der Waals surface area (Å²) < 4.78 is 0. The lowest BCUT2D eigenvalue weighted by Gasteiger charge is -2.22. The number of hydrogen-bond donors (Lipinski definition) is 1. The molecule has 1 heterocycles. The topological polar surface area (TPSA) is 66.5 Å². The maximum atomic E-state index is 12.5. The minimum Gasteiger partial charge on any atom is -0.350 e. The van der Waals surface area contributed by atoms with Crippen molar-refractivity contribution >= 4 is 17.7 Å². The van der Waals surface area contributed by atoms with Crippen molar-refractivity contribution in [3.8, 4) is 0 Å². The molecule has 1 aromatic carbocycles. The predicted octanol–water partition coefficient (Wildman–Crippen LogP) is 1.64. The van der Waals surface area contributed by atoms with Crippen LogP contribution < -0.4 is 5.32 Å². The van der Waals surface area contributed by atoms with Gasteiger partial charge in [0.1, 0.15) is 6.04 Å². The zero-order valence-electron chi connectivity index (χ0n) is 13.1. The molecule has 0 spiro atoms. The van der Waals surface area contributed by atoms with Gasteiger partial charge >= 0.3 is 0 Å². The van der Waals surface area contributed by atoms with Gasteiger partial charge in [0.05, 0.1) is 11.8 Å². The molecule has 0 radical (unpaired) electrons. The third-order valence-electron chi connectivity index (χ3n) is 4.62. The van der Waals surface area contributed by atoms with Crippen molar-refractivity contribution in [3.63, 3.8) is 0 Å². The Morgan fingerprint density at radius 2 is 1.70 bits per heavy atom. The lowest BCUT2D eigenvalue weighted by molar-refractivity contribution is -0.147. The monoisotopic (exact) mass is 312 g/mol. The fourth-order valence-electron chi connectivity index (χ4n) is 3.26. The summed E-state index contributed by atoms with van der Waals surface area (Å²) in [5, 5.41) is 2.80. The second kappa shape index (κ2) is 6.36. The number of imide groups is 1. The van der Waals surface area contributed by atoms with Gasteiger partial charge in [-0.2, -0.15) is 0 Å². The summed E-state index contributed by atoms with van der Waals surface area (Å²) in [7, 11) is 0. The van der Waals surface area contributed by atoms with E-state index in [4.69, 9.17) is 0 Å². The van der Waals surface area contributed by atoms with Gasteiger partial charge in [-0.25, -0.2) is 0 Å². The normalized spacial score (nSPS) is 24.5. The van der Waals surface area contributed by atoms with Gasteiger partial charge in [0.15, 0.2) is 0 Å². The maximum absolute atomic E-state index is 12.5. The molecule has 0 bridgehead atoms. The van der Waals surface area contributed by atoms with E-state index >= 15 is 0 Å². The van der Waals surface area contributed by atoms with Crippen molar-refractivity contribution < 1.29 is 14.4 Å². The standard InChI is InChI=1S/C18H20N2O3/c1-12(16(21)19-11-13-7-3-2-4-8-13)20-17(22)14-9-5-6-10-15(14)18(20)23/h2-8,12,14-15H,9-11H2,1H3,(H,19,21)/t12-,14?,15?/m0/s1. The lowest BCUT2D eigenvalue weighted by Crippen LogP contribution is -2.48. The number of carbonyl (C=O) groups is 3. The van der Waals surface area contributed by atoms with Crippen LogP contribution in [0.15, 0.2) is 42.5 Å². The number of benzene rings is 1. The number of hydrogen-bond acceptors (Lipinski definition) is 3. The quantitative estimate of drug-likeness (QED) is 0.679. The number of nitrogens with one attached hydrogen (secondary N) is 1. The first-order valence-electron chi connectivity index (χ1n) is 7.93. The van der Waals surface area contributed by atoms with Gasteiger partial charge in [0.2, 0.25) is 17.7 Å². The second-order valence-electron chi connectivity index (χ2n) is 6.08. The highest BCUT2D eigenvalue weighted by Gasteiger charge is 2.49. The van der Waals surface area contributed by atoms with Crippen LogP contribution in [0.2, 0.25) is 0 Å². The highest BCUT2D eigenvalue weighted by molar-refractivity contribution is 6.08. The van der Waals surface area contributed by atoms with Crippen LogP contribution in [-0.4, -0.2) is 28.7 Å². The summed E-state index contributed by atoms with van der Waals surface area (Å²) in [5.41, 5.74) is 0.977. The van der Waals surface area contributed by atoms with E-state index in [2.05, 4.69) is 5.32 Å². The fraction of sp³-hybridized carbons (Fsp3) is 0.389. The van der Waals surface area contributed by atoms with Crippen molar-refractivity contribution in [1.82, 2.24) is 10.2 Å². The smallest absolute Gasteiger partial charge is 0.243 e. The molecule has 1 aromatic rings. The first kappa shape index (κ1) is 15.5. The van der Waals surface area contributed by atoms with Crippen molar-refractivity contribution in [2.24, 2.45) is 11.8 Å². The van der Waals surface area contributed by atoms with Crippen LogP contribution in [0, 0.1) is 11.8 Å².